The first-order valence-electron chi connectivity index (χ1n) is 6.06. The molecule has 6 heteroatoms. The van der Waals surface area contributed by atoms with Crippen LogP contribution in [-0.4, -0.2) is 66.2 Å². The van der Waals surface area contributed by atoms with Crippen molar-refractivity contribution in [3.63, 3.8) is 0 Å². The number of carbonyl (C=O) groups excluding carboxylic acids is 1. The van der Waals surface area contributed by atoms with Crippen LogP contribution in [0.5, 0.6) is 0 Å². The zero-order valence-electron chi connectivity index (χ0n) is 12.0. The highest BCUT2D eigenvalue weighted by Crippen LogP contribution is 2.12. The lowest BCUT2D eigenvalue weighted by Gasteiger charge is -2.34. The Labute approximate surface area is 109 Å². The molecule has 106 valence electrons. The lowest BCUT2D eigenvalue weighted by molar-refractivity contribution is -0.138. The standard InChI is InChI=1S/C12H25N3O3/c1-12(2,3)15(9-10(16)17)11(18)13-7-6-8-14(4)5/h6-9H2,1-5H3,(H,13,18)(H,16,17). The van der Waals surface area contributed by atoms with Crippen molar-refractivity contribution >= 4 is 12.0 Å². The second kappa shape index (κ2) is 7.20. The monoisotopic (exact) mass is 259 g/mol. The van der Waals surface area contributed by atoms with Gasteiger partial charge in [0.05, 0.1) is 0 Å². The van der Waals surface area contributed by atoms with E-state index in [9.17, 15) is 9.59 Å². The lowest BCUT2D eigenvalue weighted by atomic mass is 10.1. The van der Waals surface area contributed by atoms with E-state index in [-0.39, 0.29) is 12.6 Å². The van der Waals surface area contributed by atoms with E-state index in [1.807, 2.05) is 39.8 Å². The summed E-state index contributed by atoms with van der Waals surface area (Å²) in [7, 11) is 3.93. The minimum atomic E-state index is -1.01. The molecule has 2 amide bonds. The second-order valence-electron chi connectivity index (χ2n) is 5.54. The fourth-order valence-electron chi connectivity index (χ4n) is 1.43. The summed E-state index contributed by atoms with van der Waals surface area (Å²) in [6.07, 6.45) is 0.837. The summed E-state index contributed by atoms with van der Waals surface area (Å²) in [4.78, 5) is 26.0. The number of carbonyl (C=O) groups is 2. The van der Waals surface area contributed by atoms with E-state index in [4.69, 9.17) is 5.11 Å². The van der Waals surface area contributed by atoms with Gasteiger partial charge in [-0.1, -0.05) is 0 Å². The number of hydrogen-bond acceptors (Lipinski definition) is 3. The smallest absolute Gasteiger partial charge is 0.323 e. The molecular formula is C12H25N3O3. The Morgan fingerprint density at radius 2 is 1.78 bits per heavy atom. The second-order valence-corrected chi connectivity index (χ2v) is 5.54. The molecule has 2 N–H and O–H groups in total. The zero-order valence-corrected chi connectivity index (χ0v) is 12.0. The van der Waals surface area contributed by atoms with Crippen molar-refractivity contribution < 1.29 is 14.7 Å². The highest BCUT2D eigenvalue weighted by molar-refractivity contribution is 5.80. The number of amides is 2. The van der Waals surface area contributed by atoms with Crippen molar-refractivity contribution in [2.45, 2.75) is 32.7 Å². The Kier molecular flexibility index (Phi) is 6.68. The van der Waals surface area contributed by atoms with Gasteiger partial charge in [-0.2, -0.15) is 0 Å². The van der Waals surface area contributed by atoms with Crippen LogP contribution in [0.3, 0.4) is 0 Å². The van der Waals surface area contributed by atoms with Gasteiger partial charge < -0.3 is 20.2 Å². The number of nitrogens with one attached hydrogen (secondary N) is 1. The Morgan fingerprint density at radius 3 is 2.17 bits per heavy atom. The largest absolute Gasteiger partial charge is 0.480 e. The molecule has 0 aromatic rings. The van der Waals surface area contributed by atoms with Crippen molar-refractivity contribution in [3.05, 3.63) is 0 Å². The summed E-state index contributed by atoms with van der Waals surface area (Å²) in [5.74, 6) is -1.01. The average Bonchev–Trinajstić information content (AvgIpc) is 2.18. The molecule has 0 atom stereocenters. The third-order valence-corrected chi connectivity index (χ3v) is 2.41. The van der Waals surface area contributed by atoms with E-state index in [2.05, 4.69) is 5.32 Å². The molecule has 0 aliphatic heterocycles. The maximum atomic E-state index is 11.9. The molecule has 0 heterocycles. The maximum Gasteiger partial charge on any atom is 0.323 e. The van der Waals surface area contributed by atoms with Crippen LogP contribution in [-0.2, 0) is 4.79 Å². The van der Waals surface area contributed by atoms with Crippen LogP contribution < -0.4 is 5.32 Å². The summed E-state index contributed by atoms with van der Waals surface area (Å²) in [6, 6.07) is -0.330. The molecule has 0 aliphatic carbocycles. The fourth-order valence-corrected chi connectivity index (χ4v) is 1.43. The van der Waals surface area contributed by atoms with Gasteiger partial charge in [-0.3, -0.25) is 4.79 Å². The first-order chi connectivity index (χ1) is 8.14. The molecule has 0 radical (unpaired) electrons. The topological polar surface area (TPSA) is 72.9 Å². The fraction of sp³-hybridized carbons (Fsp3) is 0.833. The van der Waals surface area contributed by atoms with Gasteiger partial charge in [-0.05, 0) is 47.8 Å². The molecule has 0 fully saturated rings. The number of urea groups is 1. The molecule has 6 nitrogen and oxygen atoms in total. The summed E-state index contributed by atoms with van der Waals surface area (Å²) in [5, 5.41) is 11.6. The van der Waals surface area contributed by atoms with E-state index >= 15 is 0 Å². The molecule has 0 aromatic heterocycles. The molecule has 0 unspecified atom stereocenters. The number of rotatable bonds is 6. The van der Waals surface area contributed by atoms with E-state index in [1.165, 1.54) is 4.90 Å². The van der Waals surface area contributed by atoms with E-state index in [0.717, 1.165) is 13.0 Å². The van der Waals surface area contributed by atoms with Gasteiger partial charge in [0.1, 0.15) is 6.54 Å². The van der Waals surface area contributed by atoms with Crippen LogP contribution in [0.2, 0.25) is 0 Å². The molecule has 0 saturated carbocycles. The third-order valence-electron chi connectivity index (χ3n) is 2.41. The molecule has 0 rings (SSSR count). The number of aliphatic carboxylic acids is 1. The Morgan fingerprint density at radius 1 is 1.22 bits per heavy atom. The van der Waals surface area contributed by atoms with Gasteiger partial charge in [0, 0.05) is 12.1 Å². The van der Waals surface area contributed by atoms with Gasteiger partial charge in [0.2, 0.25) is 0 Å². The maximum absolute atomic E-state index is 11.9. The number of carboxylic acids is 1. The minimum absolute atomic E-state index is 0.289. The number of carboxylic acid groups (broad SMARTS) is 1. The molecular weight excluding hydrogens is 234 g/mol. The summed E-state index contributed by atoms with van der Waals surface area (Å²) >= 11 is 0. The van der Waals surface area contributed by atoms with Gasteiger partial charge in [-0.25, -0.2) is 4.79 Å². The van der Waals surface area contributed by atoms with E-state index in [0.29, 0.717) is 6.54 Å². The van der Waals surface area contributed by atoms with Gasteiger partial charge in [0.15, 0.2) is 0 Å². The highest BCUT2D eigenvalue weighted by atomic mass is 16.4. The van der Waals surface area contributed by atoms with Gasteiger partial charge in [-0.15, -0.1) is 0 Å². The van der Waals surface area contributed by atoms with Crippen molar-refractivity contribution in [1.29, 1.82) is 0 Å². The van der Waals surface area contributed by atoms with Crippen molar-refractivity contribution in [2.75, 3.05) is 33.7 Å². The van der Waals surface area contributed by atoms with Crippen LogP contribution in [0.25, 0.3) is 0 Å². The molecule has 0 aromatic carbocycles. The SMILES string of the molecule is CN(C)CCCNC(=O)N(CC(=O)O)C(C)(C)C. The Balaban J connectivity index is 4.27. The minimum Gasteiger partial charge on any atom is -0.480 e. The normalized spacial score (nSPS) is 11.4. The quantitative estimate of drug-likeness (QED) is 0.693. The predicted molar refractivity (Wildman–Crippen MR) is 70.7 cm³/mol. The molecule has 18 heavy (non-hydrogen) atoms. The summed E-state index contributed by atoms with van der Waals surface area (Å²) in [6.45, 7) is 6.58. The van der Waals surface area contributed by atoms with E-state index in [1.54, 1.807) is 0 Å². The summed E-state index contributed by atoms with van der Waals surface area (Å²) < 4.78 is 0. The van der Waals surface area contributed by atoms with Crippen LogP contribution in [0.1, 0.15) is 27.2 Å². The third kappa shape index (κ3) is 7.11. The van der Waals surface area contributed by atoms with Crippen LogP contribution in [0.4, 0.5) is 4.79 Å². The first-order valence-corrected chi connectivity index (χ1v) is 6.06. The van der Waals surface area contributed by atoms with Crippen molar-refractivity contribution in [1.82, 2.24) is 15.1 Å². The van der Waals surface area contributed by atoms with Crippen molar-refractivity contribution in [3.8, 4) is 0 Å². The number of nitrogens with zero attached hydrogens (tertiary/aromatic N) is 2. The van der Waals surface area contributed by atoms with Gasteiger partial charge in [0.25, 0.3) is 0 Å². The molecule has 0 aliphatic rings. The Hall–Kier alpha value is -1.30. The van der Waals surface area contributed by atoms with Crippen LogP contribution >= 0.6 is 0 Å². The molecule has 0 saturated heterocycles. The Bertz CT molecular complexity index is 285. The van der Waals surface area contributed by atoms with Crippen molar-refractivity contribution in [2.24, 2.45) is 0 Å². The zero-order chi connectivity index (χ0) is 14.3. The summed E-state index contributed by atoms with van der Waals surface area (Å²) in [5.41, 5.74) is -0.510. The van der Waals surface area contributed by atoms with Gasteiger partial charge >= 0.3 is 12.0 Å². The van der Waals surface area contributed by atoms with Crippen LogP contribution in [0.15, 0.2) is 0 Å². The molecule has 0 spiro atoms. The average molecular weight is 259 g/mol. The predicted octanol–water partition coefficient (Wildman–Crippen LogP) is 0.833. The number of hydrogen-bond donors (Lipinski definition) is 2. The lowest BCUT2D eigenvalue weighted by Crippen LogP contribution is -2.52. The van der Waals surface area contributed by atoms with E-state index < -0.39 is 11.5 Å². The first kappa shape index (κ1) is 16.7. The van der Waals surface area contributed by atoms with Crippen LogP contribution in [0, 0.1) is 0 Å². The molecule has 0 bridgehead atoms. The highest BCUT2D eigenvalue weighted by Gasteiger charge is 2.27.